The summed E-state index contributed by atoms with van der Waals surface area (Å²) in [5.74, 6) is -0.409. The molecule has 0 aromatic heterocycles. The number of aliphatic carboxylic acids is 1. The van der Waals surface area contributed by atoms with Crippen molar-refractivity contribution in [3.63, 3.8) is 0 Å². The van der Waals surface area contributed by atoms with Crippen LogP contribution >= 0.6 is 15.9 Å². The number of benzene rings is 1. The van der Waals surface area contributed by atoms with Gasteiger partial charge < -0.3 is 9.84 Å². The summed E-state index contributed by atoms with van der Waals surface area (Å²) in [5, 5.41) is 9.30. The third kappa shape index (κ3) is 3.73. The number of carbonyl (C=O) groups is 1. The molecule has 1 aromatic rings. The van der Waals surface area contributed by atoms with Crippen LogP contribution < -0.4 is 4.74 Å². The molecule has 1 aromatic carbocycles. The van der Waals surface area contributed by atoms with Crippen LogP contribution in [0, 0.1) is 11.3 Å². The first kappa shape index (κ1) is 15.0. The van der Waals surface area contributed by atoms with Crippen LogP contribution in [-0.4, -0.2) is 18.2 Å². The van der Waals surface area contributed by atoms with E-state index in [1.165, 1.54) is 0 Å². The van der Waals surface area contributed by atoms with Gasteiger partial charge in [-0.3, -0.25) is 4.79 Å². The quantitative estimate of drug-likeness (QED) is 0.920. The Bertz CT molecular complexity index is 435. The van der Waals surface area contributed by atoms with Gasteiger partial charge in [0.1, 0.15) is 5.75 Å². The Kier molecular flexibility index (Phi) is 4.79. The van der Waals surface area contributed by atoms with Gasteiger partial charge in [-0.05, 0) is 45.5 Å². The first-order chi connectivity index (χ1) is 8.25. The van der Waals surface area contributed by atoms with Crippen molar-refractivity contribution in [2.24, 2.45) is 11.3 Å². The van der Waals surface area contributed by atoms with E-state index in [4.69, 9.17) is 4.74 Å². The molecule has 0 fully saturated rings. The van der Waals surface area contributed by atoms with Crippen molar-refractivity contribution in [3.05, 3.63) is 28.2 Å². The van der Waals surface area contributed by atoms with Gasteiger partial charge in [-0.15, -0.1) is 0 Å². The molecule has 1 rings (SSSR count). The highest BCUT2D eigenvalue weighted by Crippen LogP contribution is 2.32. The Hall–Kier alpha value is -1.03. The number of hydrogen-bond donors (Lipinski definition) is 1. The smallest absolute Gasteiger partial charge is 0.307 e. The van der Waals surface area contributed by atoms with Crippen molar-refractivity contribution >= 4 is 21.9 Å². The Balaban J connectivity index is 2.95. The zero-order valence-electron chi connectivity index (χ0n) is 11.2. The van der Waals surface area contributed by atoms with Crippen LogP contribution in [0.4, 0.5) is 0 Å². The van der Waals surface area contributed by atoms with Crippen LogP contribution in [0.3, 0.4) is 0 Å². The van der Waals surface area contributed by atoms with Crippen molar-refractivity contribution in [1.82, 2.24) is 0 Å². The molecule has 1 N–H and O–H groups in total. The Labute approximate surface area is 116 Å². The minimum Gasteiger partial charge on any atom is -0.496 e. The number of methoxy groups -OCH3 is 1. The van der Waals surface area contributed by atoms with Crippen molar-refractivity contribution < 1.29 is 14.6 Å². The standard InChI is InChI=1S/C14H19BrO3/c1-14(2,3)10(13(16)17)7-9-5-6-12(18-4)11(15)8-9/h5-6,8,10H,7H2,1-4H3,(H,16,17). The van der Waals surface area contributed by atoms with E-state index in [2.05, 4.69) is 15.9 Å². The highest BCUT2D eigenvalue weighted by atomic mass is 79.9. The first-order valence-corrected chi connectivity index (χ1v) is 6.60. The lowest BCUT2D eigenvalue weighted by atomic mass is 9.77. The van der Waals surface area contributed by atoms with Gasteiger partial charge in [0.15, 0.2) is 0 Å². The van der Waals surface area contributed by atoms with Gasteiger partial charge in [0.2, 0.25) is 0 Å². The summed E-state index contributed by atoms with van der Waals surface area (Å²) in [5.41, 5.74) is 0.725. The summed E-state index contributed by atoms with van der Waals surface area (Å²) in [6.45, 7) is 5.85. The van der Waals surface area contributed by atoms with E-state index in [9.17, 15) is 9.90 Å². The maximum Gasteiger partial charge on any atom is 0.307 e. The van der Waals surface area contributed by atoms with Crippen molar-refractivity contribution in [3.8, 4) is 5.75 Å². The van der Waals surface area contributed by atoms with Crippen LogP contribution in [0.15, 0.2) is 22.7 Å². The van der Waals surface area contributed by atoms with Gasteiger partial charge in [0.25, 0.3) is 0 Å². The number of hydrogen-bond acceptors (Lipinski definition) is 2. The fourth-order valence-corrected chi connectivity index (χ4v) is 2.42. The molecule has 0 bridgehead atoms. The van der Waals surface area contributed by atoms with Gasteiger partial charge in [-0.1, -0.05) is 26.8 Å². The molecule has 0 saturated heterocycles. The molecule has 1 atom stereocenters. The van der Waals surface area contributed by atoms with Crippen LogP contribution in [0.1, 0.15) is 26.3 Å². The van der Waals surface area contributed by atoms with E-state index >= 15 is 0 Å². The van der Waals surface area contributed by atoms with Gasteiger partial charge >= 0.3 is 5.97 Å². The predicted molar refractivity (Wildman–Crippen MR) is 75.0 cm³/mol. The zero-order chi connectivity index (χ0) is 13.9. The number of ether oxygens (including phenoxy) is 1. The molecular formula is C14H19BrO3. The second-order valence-electron chi connectivity index (χ2n) is 5.43. The normalized spacial score (nSPS) is 13.2. The molecular weight excluding hydrogens is 296 g/mol. The summed E-state index contributed by atoms with van der Waals surface area (Å²) in [4.78, 5) is 11.3. The molecule has 3 nitrogen and oxygen atoms in total. The van der Waals surface area contributed by atoms with Gasteiger partial charge in [-0.2, -0.15) is 0 Å². The Morgan fingerprint density at radius 3 is 2.44 bits per heavy atom. The summed E-state index contributed by atoms with van der Waals surface area (Å²) in [6.07, 6.45) is 0.515. The number of rotatable bonds is 4. The maximum absolute atomic E-state index is 11.3. The summed E-state index contributed by atoms with van der Waals surface area (Å²) in [6, 6.07) is 5.67. The second kappa shape index (κ2) is 5.74. The van der Waals surface area contributed by atoms with Crippen molar-refractivity contribution in [2.75, 3.05) is 7.11 Å². The third-order valence-electron chi connectivity index (χ3n) is 3.00. The van der Waals surface area contributed by atoms with Gasteiger partial charge in [-0.25, -0.2) is 0 Å². The lowest BCUT2D eigenvalue weighted by molar-refractivity contribution is -0.145. The Morgan fingerprint density at radius 2 is 2.06 bits per heavy atom. The zero-order valence-corrected chi connectivity index (χ0v) is 12.7. The lowest BCUT2D eigenvalue weighted by Gasteiger charge is -2.27. The topological polar surface area (TPSA) is 46.5 Å². The predicted octanol–water partition coefficient (Wildman–Crippen LogP) is 3.75. The summed E-state index contributed by atoms with van der Waals surface area (Å²) >= 11 is 3.41. The molecule has 18 heavy (non-hydrogen) atoms. The van der Waals surface area contributed by atoms with E-state index < -0.39 is 11.9 Å². The Morgan fingerprint density at radius 1 is 1.44 bits per heavy atom. The SMILES string of the molecule is COc1ccc(CC(C(=O)O)C(C)(C)C)cc1Br. The second-order valence-corrected chi connectivity index (χ2v) is 6.28. The maximum atomic E-state index is 11.3. The molecule has 1 unspecified atom stereocenters. The molecule has 0 spiro atoms. The molecule has 0 aliphatic heterocycles. The molecule has 0 saturated carbocycles. The summed E-state index contributed by atoms with van der Waals surface area (Å²) in [7, 11) is 1.61. The highest BCUT2D eigenvalue weighted by molar-refractivity contribution is 9.10. The van der Waals surface area contributed by atoms with Crippen LogP contribution in [0.5, 0.6) is 5.75 Å². The van der Waals surface area contributed by atoms with E-state index in [0.29, 0.717) is 6.42 Å². The first-order valence-electron chi connectivity index (χ1n) is 5.81. The average molecular weight is 315 g/mol. The monoisotopic (exact) mass is 314 g/mol. The van der Waals surface area contributed by atoms with Crippen LogP contribution in [0.2, 0.25) is 0 Å². The molecule has 0 radical (unpaired) electrons. The van der Waals surface area contributed by atoms with E-state index in [0.717, 1.165) is 15.8 Å². The van der Waals surface area contributed by atoms with Gasteiger partial charge in [0, 0.05) is 0 Å². The molecule has 4 heteroatoms. The molecule has 0 amide bonds. The van der Waals surface area contributed by atoms with Crippen LogP contribution in [-0.2, 0) is 11.2 Å². The van der Waals surface area contributed by atoms with Gasteiger partial charge in [0.05, 0.1) is 17.5 Å². The molecule has 0 aliphatic carbocycles. The molecule has 0 aliphatic rings. The lowest BCUT2D eigenvalue weighted by Crippen LogP contribution is -2.30. The average Bonchev–Trinajstić information content (AvgIpc) is 2.24. The third-order valence-corrected chi connectivity index (χ3v) is 3.62. The number of carboxylic acids is 1. The minimum absolute atomic E-state index is 0.266. The van der Waals surface area contributed by atoms with E-state index in [-0.39, 0.29) is 5.41 Å². The number of carboxylic acid groups (broad SMARTS) is 1. The molecule has 0 heterocycles. The number of halogens is 1. The summed E-state index contributed by atoms with van der Waals surface area (Å²) < 4.78 is 6.00. The fraction of sp³-hybridized carbons (Fsp3) is 0.500. The van der Waals surface area contributed by atoms with E-state index in [1.807, 2.05) is 39.0 Å². The van der Waals surface area contributed by atoms with Crippen molar-refractivity contribution in [2.45, 2.75) is 27.2 Å². The van der Waals surface area contributed by atoms with E-state index in [1.54, 1.807) is 7.11 Å². The minimum atomic E-state index is -0.755. The largest absolute Gasteiger partial charge is 0.496 e. The fourth-order valence-electron chi connectivity index (χ4n) is 1.84. The highest BCUT2D eigenvalue weighted by Gasteiger charge is 2.31. The van der Waals surface area contributed by atoms with Crippen LogP contribution in [0.25, 0.3) is 0 Å². The van der Waals surface area contributed by atoms with Crippen molar-refractivity contribution in [1.29, 1.82) is 0 Å². The molecule has 100 valence electrons.